The van der Waals surface area contributed by atoms with Crippen molar-refractivity contribution in [2.45, 2.75) is 45.1 Å². The van der Waals surface area contributed by atoms with Gasteiger partial charge in [-0.3, -0.25) is 0 Å². The predicted octanol–water partition coefficient (Wildman–Crippen LogP) is 3.01. The average molecular weight is 308 g/mol. The number of aryl methyl sites for hydroxylation is 1. The molecule has 0 spiro atoms. The summed E-state index contributed by atoms with van der Waals surface area (Å²) in [6, 6.07) is 4.47. The number of amides is 2. The lowest BCUT2D eigenvalue weighted by molar-refractivity contribution is 0.172. The number of unbranched alkanes of at least 4 members (excludes halogenated alkanes) is 2. The summed E-state index contributed by atoms with van der Waals surface area (Å²) in [5.41, 5.74) is 1.98. The van der Waals surface area contributed by atoms with Crippen LogP contribution >= 0.6 is 0 Å². The Hall–Kier alpha value is -1.62. The number of nitrogens with zero attached hydrogens (tertiary/aromatic N) is 1. The van der Waals surface area contributed by atoms with Crippen LogP contribution in [-0.4, -0.2) is 35.7 Å². The van der Waals surface area contributed by atoms with Gasteiger partial charge in [0.1, 0.15) is 5.82 Å². The zero-order valence-electron chi connectivity index (χ0n) is 13.1. The SMILES string of the molecule is CCCCCN(CCO)C(=O)NC1CCc2ccc(F)cc21. The van der Waals surface area contributed by atoms with Gasteiger partial charge in [0.05, 0.1) is 12.6 Å². The molecule has 0 saturated heterocycles. The van der Waals surface area contributed by atoms with Crippen molar-refractivity contribution in [3.63, 3.8) is 0 Å². The fourth-order valence-corrected chi connectivity index (χ4v) is 2.95. The number of urea groups is 1. The van der Waals surface area contributed by atoms with Gasteiger partial charge >= 0.3 is 6.03 Å². The van der Waals surface area contributed by atoms with Gasteiger partial charge in [0.25, 0.3) is 0 Å². The summed E-state index contributed by atoms with van der Waals surface area (Å²) in [5.74, 6) is -0.268. The summed E-state index contributed by atoms with van der Waals surface area (Å²) in [5, 5.41) is 12.1. The molecule has 2 amide bonds. The van der Waals surface area contributed by atoms with E-state index in [1.165, 1.54) is 12.1 Å². The number of carbonyl (C=O) groups is 1. The van der Waals surface area contributed by atoms with Crippen LogP contribution in [0.3, 0.4) is 0 Å². The van der Waals surface area contributed by atoms with Crippen LogP contribution in [0.25, 0.3) is 0 Å². The Morgan fingerprint density at radius 3 is 2.95 bits per heavy atom. The summed E-state index contributed by atoms with van der Waals surface area (Å²) in [6.07, 6.45) is 4.74. The van der Waals surface area contributed by atoms with Crippen LogP contribution in [0.1, 0.15) is 49.8 Å². The molecule has 122 valence electrons. The number of hydrogen-bond acceptors (Lipinski definition) is 2. The summed E-state index contributed by atoms with van der Waals surface area (Å²) < 4.78 is 13.4. The predicted molar refractivity (Wildman–Crippen MR) is 84.2 cm³/mol. The van der Waals surface area contributed by atoms with Gasteiger partial charge in [-0.25, -0.2) is 9.18 Å². The Kier molecular flexibility index (Phi) is 6.19. The minimum Gasteiger partial charge on any atom is -0.395 e. The van der Waals surface area contributed by atoms with Gasteiger partial charge in [-0.1, -0.05) is 25.8 Å². The first-order valence-electron chi connectivity index (χ1n) is 8.10. The molecule has 4 nitrogen and oxygen atoms in total. The monoisotopic (exact) mass is 308 g/mol. The average Bonchev–Trinajstić information content (AvgIpc) is 2.89. The Bertz CT molecular complexity index is 507. The molecule has 22 heavy (non-hydrogen) atoms. The number of carbonyl (C=O) groups excluding carboxylic acids is 1. The Balaban J connectivity index is 1.97. The van der Waals surface area contributed by atoms with Gasteiger partial charge in [0, 0.05) is 13.1 Å². The van der Waals surface area contributed by atoms with Gasteiger partial charge in [0.15, 0.2) is 0 Å². The van der Waals surface area contributed by atoms with Crippen LogP contribution in [0.4, 0.5) is 9.18 Å². The summed E-state index contributed by atoms with van der Waals surface area (Å²) in [6.45, 7) is 3.04. The van der Waals surface area contributed by atoms with E-state index < -0.39 is 0 Å². The van der Waals surface area contributed by atoms with Gasteiger partial charge in [0.2, 0.25) is 0 Å². The lowest BCUT2D eigenvalue weighted by atomic mass is 10.1. The molecule has 0 aromatic heterocycles. The van der Waals surface area contributed by atoms with Crippen molar-refractivity contribution in [2.75, 3.05) is 19.7 Å². The number of aliphatic hydroxyl groups is 1. The van der Waals surface area contributed by atoms with Crippen molar-refractivity contribution in [1.82, 2.24) is 10.2 Å². The van der Waals surface area contributed by atoms with Crippen molar-refractivity contribution in [2.24, 2.45) is 0 Å². The molecular weight excluding hydrogens is 283 g/mol. The van der Waals surface area contributed by atoms with E-state index in [0.717, 1.165) is 43.2 Å². The Morgan fingerprint density at radius 2 is 2.23 bits per heavy atom. The zero-order chi connectivity index (χ0) is 15.9. The van der Waals surface area contributed by atoms with Crippen molar-refractivity contribution < 1.29 is 14.3 Å². The highest BCUT2D eigenvalue weighted by molar-refractivity contribution is 5.75. The van der Waals surface area contributed by atoms with Crippen LogP contribution in [0.2, 0.25) is 0 Å². The standard InChI is InChI=1S/C17H25FN2O2/c1-2-3-4-9-20(10-11-21)17(22)19-16-8-6-13-5-7-14(18)12-15(13)16/h5,7,12,16,21H,2-4,6,8-11H2,1H3,(H,19,22). The van der Waals surface area contributed by atoms with Crippen LogP contribution in [-0.2, 0) is 6.42 Å². The summed E-state index contributed by atoms with van der Waals surface area (Å²) >= 11 is 0. The van der Waals surface area contributed by atoms with E-state index in [-0.39, 0.29) is 24.5 Å². The van der Waals surface area contributed by atoms with Crippen molar-refractivity contribution in [3.05, 3.63) is 35.1 Å². The minimum atomic E-state index is -0.268. The number of hydrogen-bond donors (Lipinski definition) is 2. The van der Waals surface area contributed by atoms with Crippen LogP contribution in [0.15, 0.2) is 18.2 Å². The smallest absolute Gasteiger partial charge is 0.317 e. The van der Waals surface area contributed by atoms with Crippen LogP contribution < -0.4 is 5.32 Å². The summed E-state index contributed by atoms with van der Waals surface area (Å²) in [7, 11) is 0. The quantitative estimate of drug-likeness (QED) is 0.761. The highest BCUT2D eigenvalue weighted by atomic mass is 19.1. The van der Waals surface area contributed by atoms with E-state index >= 15 is 0 Å². The van der Waals surface area contributed by atoms with E-state index in [4.69, 9.17) is 5.11 Å². The first kappa shape index (κ1) is 16.7. The third-order valence-electron chi connectivity index (χ3n) is 4.17. The number of halogens is 1. The molecule has 0 bridgehead atoms. The topological polar surface area (TPSA) is 52.6 Å². The molecule has 0 heterocycles. The highest BCUT2D eigenvalue weighted by Crippen LogP contribution is 2.31. The normalized spacial score (nSPS) is 16.4. The van der Waals surface area contributed by atoms with Gasteiger partial charge in [-0.2, -0.15) is 0 Å². The maximum atomic E-state index is 13.4. The second-order valence-corrected chi connectivity index (χ2v) is 5.80. The van der Waals surface area contributed by atoms with Crippen molar-refractivity contribution >= 4 is 6.03 Å². The molecule has 1 aromatic carbocycles. The van der Waals surface area contributed by atoms with Crippen molar-refractivity contribution in [1.29, 1.82) is 0 Å². The molecule has 1 aliphatic carbocycles. The fourth-order valence-electron chi connectivity index (χ4n) is 2.95. The molecule has 1 atom stereocenters. The molecule has 1 aromatic rings. The maximum Gasteiger partial charge on any atom is 0.317 e. The zero-order valence-corrected chi connectivity index (χ0v) is 13.1. The molecule has 2 rings (SSSR count). The first-order valence-corrected chi connectivity index (χ1v) is 8.10. The van der Waals surface area contributed by atoms with E-state index in [1.54, 1.807) is 11.0 Å². The second kappa shape index (κ2) is 8.13. The van der Waals surface area contributed by atoms with Crippen molar-refractivity contribution in [3.8, 4) is 0 Å². The third-order valence-corrected chi connectivity index (χ3v) is 4.17. The number of nitrogens with one attached hydrogen (secondary N) is 1. The Morgan fingerprint density at radius 1 is 1.41 bits per heavy atom. The molecule has 1 unspecified atom stereocenters. The van der Waals surface area contributed by atoms with Crippen LogP contribution in [0.5, 0.6) is 0 Å². The van der Waals surface area contributed by atoms with Crippen LogP contribution in [0, 0.1) is 5.82 Å². The van der Waals surface area contributed by atoms with E-state index in [9.17, 15) is 9.18 Å². The number of rotatable bonds is 7. The van der Waals surface area contributed by atoms with E-state index in [0.29, 0.717) is 13.1 Å². The van der Waals surface area contributed by atoms with E-state index in [2.05, 4.69) is 12.2 Å². The number of aliphatic hydroxyl groups excluding tert-OH is 1. The van der Waals surface area contributed by atoms with Gasteiger partial charge in [-0.05, 0) is 42.5 Å². The molecule has 0 radical (unpaired) electrons. The van der Waals surface area contributed by atoms with Gasteiger partial charge in [-0.15, -0.1) is 0 Å². The molecule has 2 N–H and O–H groups in total. The molecular formula is C17H25FN2O2. The lowest BCUT2D eigenvalue weighted by Crippen LogP contribution is -2.43. The molecule has 0 saturated carbocycles. The second-order valence-electron chi connectivity index (χ2n) is 5.80. The summed E-state index contributed by atoms with van der Waals surface area (Å²) in [4.78, 5) is 14.0. The highest BCUT2D eigenvalue weighted by Gasteiger charge is 2.26. The fraction of sp³-hybridized carbons (Fsp3) is 0.588. The molecule has 5 heteroatoms. The largest absolute Gasteiger partial charge is 0.395 e. The Labute approximate surface area is 131 Å². The minimum absolute atomic E-state index is 0.0462. The molecule has 0 aliphatic heterocycles. The van der Waals surface area contributed by atoms with E-state index in [1.807, 2.05) is 0 Å². The molecule has 1 aliphatic rings. The first-order chi connectivity index (χ1) is 10.7. The number of fused-ring (bicyclic) bond motifs is 1. The molecule has 0 fully saturated rings. The lowest BCUT2D eigenvalue weighted by Gasteiger charge is -2.25. The van der Waals surface area contributed by atoms with Gasteiger partial charge < -0.3 is 15.3 Å². The number of benzene rings is 1. The third kappa shape index (κ3) is 4.19. The maximum absolute atomic E-state index is 13.4.